The van der Waals surface area contributed by atoms with Gasteiger partial charge in [0.15, 0.2) is 0 Å². The molecule has 1 N–H and O–H groups in total. The van der Waals surface area contributed by atoms with Crippen LogP contribution in [0.1, 0.15) is 25.7 Å². The second-order valence-corrected chi connectivity index (χ2v) is 4.33. The van der Waals surface area contributed by atoms with E-state index in [2.05, 4.69) is 10.2 Å². The molecule has 74 valence electrons. The molecule has 0 aromatic rings. The van der Waals surface area contributed by atoms with Crippen LogP contribution in [-0.4, -0.2) is 37.0 Å². The highest BCUT2D eigenvalue weighted by Gasteiger charge is 2.29. The first-order valence-electron chi connectivity index (χ1n) is 5.25. The monoisotopic (exact) mass is 182 g/mol. The number of amides is 1. The smallest absolute Gasteiger partial charge is 0.237 e. The highest BCUT2D eigenvalue weighted by atomic mass is 16.2. The molecule has 0 aromatic heterocycles. The van der Waals surface area contributed by atoms with Gasteiger partial charge < -0.3 is 5.32 Å². The second-order valence-electron chi connectivity index (χ2n) is 4.33. The van der Waals surface area contributed by atoms with E-state index in [1.165, 1.54) is 12.8 Å². The Kier molecular flexibility index (Phi) is 2.54. The van der Waals surface area contributed by atoms with Gasteiger partial charge in [-0.15, -0.1) is 0 Å². The molecular weight excluding hydrogens is 164 g/mol. The summed E-state index contributed by atoms with van der Waals surface area (Å²) in [4.78, 5) is 13.8. The number of likely N-dealkylation sites (N-methyl/N-ethyl adjacent to an activating group) is 1. The van der Waals surface area contributed by atoms with Gasteiger partial charge in [-0.3, -0.25) is 9.69 Å². The van der Waals surface area contributed by atoms with Gasteiger partial charge in [-0.05, 0) is 45.2 Å². The van der Waals surface area contributed by atoms with Crippen molar-refractivity contribution in [2.45, 2.75) is 31.7 Å². The number of rotatable bonds is 3. The molecule has 1 heterocycles. The van der Waals surface area contributed by atoms with Gasteiger partial charge in [0.2, 0.25) is 5.91 Å². The summed E-state index contributed by atoms with van der Waals surface area (Å²) in [6.45, 7) is 1.98. The zero-order chi connectivity index (χ0) is 9.26. The lowest BCUT2D eigenvalue weighted by atomic mass is 10.2. The standard InChI is InChI=1S/C10H18N2O/c1-12-6-2-3-9(12)10(13)11-7-8-4-5-8/h8-9H,2-7H2,1H3,(H,11,13)/t9-/m1/s1. The predicted octanol–water partition coefficient (Wildman–Crippen LogP) is 0.607. The Morgan fingerprint density at radius 1 is 1.46 bits per heavy atom. The zero-order valence-electron chi connectivity index (χ0n) is 8.25. The Balaban J connectivity index is 1.74. The first-order chi connectivity index (χ1) is 6.27. The van der Waals surface area contributed by atoms with Crippen LogP contribution in [0, 0.1) is 5.92 Å². The summed E-state index contributed by atoms with van der Waals surface area (Å²) in [6, 6.07) is 0.152. The Morgan fingerprint density at radius 2 is 2.23 bits per heavy atom. The van der Waals surface area contributed by atoms with Crippen molar-refractivity contribution in [3.8, 4) is 0 Å². The second kappa shape index (κ2) is 3.66. The van der Waals surface area contributed by atoms with Crippen molar-refractivity contribution in [2.75, 3.05) is 20.1 Å². The first-order valence-corrected chi connectivity index (χ1v) is 5.25. The normalized spacial score (nSPS) is 29.2. The lowest BCUT2D eigenvalue weighted by Gasteiger charge is -2.18. The largest absolute Gasteiger partial charge is 0.354 e. The molecule has 2 aliphatic rings. The van der Waals surface area contributed by atoms with Gasteiger partial charge in [-0.2, -0.15) is 0 Å². The molecular formula is C10H18N2O. The molecule has 0 aromatic carbocycles. The van der Waals surface area contributed by atoms with Crippen LogP contribution in [0.5, 0.6) is 0 Å². The number of nitrogens with zero attached hydrogens (tertiary/aromatic N) is 1. The van der Waals surface area contributed by atoms with E-state index >= 15 is 0 Å². The maximum Gasteiger partial charge on any atom is 0.237 e. The molecule has 0 unspecified atom stereocenters. The van der Waals surface area contributed by atoms with E-state index in [0.29, 0.717) is 0 Å². The molecule has 1 amide bonds. The minimum Gasteiger partial charge on any atom is -0.354 e. The summed E-state index contributed by atoms with van der Waals surface area (Å²) in [5.74, 6) is 1.03. The molecule has 1 aliphatic carbocycles. The average molecular weight is 182 g/mol. The van der Waals surface area contributed by atoms with Crippen molar-refractivity contribution >= 4 is 5.91 Å². The molecule has 3 nitrogen and oxygen atoms in total. The number of hydrogen-bond acceptors (Lipinski definition) is 2. The van der Waals surface area contributed by atoms with Crippen LogP contribution in [0.2, 0.25) is 0 Å². The topological polar surface area (TPSA) is 32.3 Å². The fraction of sp³-hybridized carbons (Fsp3) is 0.900. The van der Waals surface area contributed by atoms with Gasteiger partial charge in [0.1, 0.15) is 0 Å². The summed E-state index contributed by atoms with van der Waals surface area (Å²) in [7, 11) is 2.04. The highest BCUT2D eigenvalue weighted by molar-refractivity contribution is 5.82. The van der Waals surface area contributed by atoms with Crippen LogP contribution in [0.25, 0.3) is 0 Å². The minimum atomic E-state index is 0.152. The maximum absolute atomic E-state index is 11.6. The van der Waals surface area contributed by atoms with E-state index in [-0.39, 0.29) is 11.9 Å². The lowest BCUT2D eigenvalue weighted by molar-refractivity contribution is -0.125. The summed E-state index contributed by atoms with van der Waals surface area (Å²) < 4.78 is 0. The molecule has 3 heteroatoms. The van der Waals surface area contributed by atoms with E-state index in [9.17, 15) is 4.79 Å². The van der Waals surface area contributed by atoms with E-state index in [1.54, 1.807) is 0 Å². The van der Waals surface area contributed by atoms with Crippen molar-refractivity contribution in [3.63, 3.8) is 0 Å². The first kappa shape index (κ1) is 9.00. The number of hydrogen-bond donors (Lipinski definition) is 1. The molecule has 1 aliphatic heterocycles. The van der Waals surface area contributed by atoms with Gasteiger partial charge in [0.05, 0.1) is 6.04 Å². The molecule has 0 spiro atoms. The fourth-order valence-electron chi connectivity index (χ4n) is 1.93. The number of nitrogens with one attached hydrogen (secondary N) is 1. The third-order valence-corrected chi connectivity index (χ3v) is 3.08. The predicted molar refractivity (Wildman–Crippen MR) is 51.4 cm³/mol. The molecule has 0 radical (unpaired) electrons. The number of carbonyl (C=O) groups is 1. The van der Waals surface area contributed by atoms with Crippen molar-refractivity contribution in [1.82, 2.24) is 10.2 Å². The molecule has 2 rings (SSSR count). The summed E-state index contributed by atoms with van der Waals surface area (Å²) >= 11 is 0. The van der Waals surface area contributed by atoms with Crippen LogP contribution >= 0.6 is 0 Å². The average Bonchev–Trinajstić information content (AvgIpc) is 2.84. The SMILES string of the molecule is CN1CCC[C@@H]1C(=O)NCC1CC1. The van der Waals surface area contributed by atoms with E-state index < -0.39 is 0 Å². The van der Waals surface area contributed by atoms with Crippen molar-refractivity contribution < 1.29 is 4.79 Å². The van der Waals surface area contributed by atoms with Crippen LogP contribution in [-0.2, 0) is 4.79 Å². The zero-order valence-corrected chi connectivity index (χ0v) is 8.25. The Morgan fingerprint density at radius 3 is 2.77 bits per heavy atom. The van der Waals surface area contributed by atoms with Crippen LogP contribution in [0.4, 0.5) is 0 Å². The van der Waals surface area contributed by atoms with Crippen molar-refractivity contribution in [3.05, 3.63) is 0 Å². The Bertz CT molecular complexity index is 201. The van der Waals surface area contributed by atoms with Crippen LogP contribution in [0.15, 0.2) is 0 Å². The van der Waals surface area contributed by atoms with Crippen molar-refractivity contribution in [2.24, 2.45) is 5.92 Å². The molecule has 13 heavy (non-hydrogen) atoms. The maximum atomic E-state index is 11.6. The van der Waals surface area contributed by atoms with E-state index in [4.69, 9.17) is 0 Å². The summed E-state index contributed by atoms with van der Waals surface area (Å²) in [5.41, 5.74) is 0. The quantitative estimate of drug-likeness (QED) is 0.693. The highest BCUT2D eigenvalue weighted by Crippen LogP contribution is 2.27. The van der Waals surface area contributed by atoms with E-state index in [0.717, 1.165) is 31.8 Å². The van der Waals surface area contributed by atoms with E-state index in [1.807, 2.05) is 7.05 Å². The lowest BCUT2D eigenvalue weighted by Crippen LogP contribution is -2.42. The number of carbonyl (C=O) groups excluding carboxylic acids is 1. The van der Waals surface area contributed by atoms with Gasteiger partial charge in [-0.1, -0.05) is 0 Å². The Hall–Kier alpha value is -0.570. The number of likely N-dealkylation sites (tertiary alicyclic amines) is 1. The van der Waals surface area contributed by atoms with Gasteiger partial charge >= 0.3 is 0 Å². The summed E-state index contributed by atoms with van der Waals surface area (Å²) in [6.07, 6.45) is 4.81. The summed E-state index contributed by atoms with van der Waals surface area (Å²) in [5, 5.41) is 3.04. The van der Waals surface area contributed by atoms with Gasteiger partial charge in [0, 0.05) is 6.54 Å². The fourth-order valence-corrected chi connectivity index (χ4v) is 1.93. The third-order valence-electron chi connectivity index (χ3n) is 3.08. The molecule has 2 fully saturated rings. The third kappa shape index (κ3) is 2.21. The van der Waals surface area contributed by atoms with Crippen molar-refractivity contribution in [1.29, 1.82) is 0 Å². The van der Waals surface area contributed by atoms with Gasteiger partial charge in [-0.25, -0.2) is 0 Å². The minimum absolute atomic E-state index is 0.152. The van der Waals surface area contributed by atoms with Crippen LogP contribution < -0.4 is 5.32 Å². The molecule has 0 bridgehead atoms. The Labute approximate surface area is 79.5 Å². The van der Waals surface area contributed by atoms with Crippen LogP contribution in [0.3, 0.4) is 0 Å². The molecule has 1 atom stereocenters. The molecule has 1 saturated carbocycles. The van der Waals surface area contributed by atoms with Gasteiger partial charge in [0.25, 0.3) is 0 Å². The molecule has 1 saturated heterocycles.